The van der Waals surface area contributed by atoms with Crippen molar-refractivity contribution in [1.29, 1.82) is 0 Å². The number of ether oxygens (including phenoxy) is 2. The molecule has 0 saturated heterocycles. The van der Waals surface area contributed by atoms with E-state index in [1.165, 1.54) is 5.01 Å². The molecular weight excluding hydrogens is 564 g/mol. The van der Waals surface area contributed by atoms with Crippen LogP contribution in [-0.2, 0) is 11.4 Å². The minimum atomic E-state index is -0.222. The molecule has 0 saturated carbocycles. The number of hydrazone groups is 1. The van der Waals surface area contributed by atoms with E-state index in [2.05, 4.69) is 15.9 Å². The van der Waals surface area contributed by atoms with E-state index < -0.39 is 0 Å². The quantitative estimate of drug-likeness (QED) is 0.197. The van der Waals surface area contributed by atoms with Crippen LogP contribution in [0.4, 0.5) is 5.69 Å². The van der Waals surface area contributed by atoms with Gasteiger partial charge in [0, 0.05) is 10.0 Å². The number of anilines is 1. The van der Waals surface area contributed by atoms with Gasteiger partial charge in [0.15, 0.2) is 11.5 Å². The van der Waals surface area contributed by atoms with E-state index in [9.17, 15) is 4.79 Å². The Morgan fingerprint density at radius 3 is 2.29 bits per heavy atom. The van der Waals surface area contributed by atoms with Crippen molar-refractivity contribution >= 4 is 50.9 Å². The summed E-state index contributed by atoms with van der Waals surface area (Å²) < 4.78 is 13.0. The number of hydrogen-bond donors (Lipinski definition) is 0. The highest BCUT2D eigenvalue weighted by atomic mass is 79.9. The smallest absolute Gasteiger partial charge is 0.281 e. The van der Waals surface area contributed by atoms with E-state index in [0.717, 1.165) is 15.6 Å². The molecule has 190 valence electrons. The lowest BCUT2D eigenvalue weighted by Crippen LogP contribution is -2.21. The van der Waals surface area contributed by atoms with Gasteiger partial charge in [-0.05, 0) is 60.5 Å². The number of carbonyl (C=O) groups excluding carboxylic acids is 1. The van der Waals surface area contributed by atoms with E-state index in [4.69, 9.17) is 26.2 Å². The predicted octanol–water partition coefficient (Wildman–Crippen LogP) is 7.91. The third-order valence-corrected chi connectivity index (χ3v) is 6.67. The molecule has 0 N–H and O–H groups in total. The van der Waals surface area contributed by atoms with Gasteiger partial charge in [0.25, 0.3) is 5.91 Å². The average Bonchev–Trinajstić information content (AvgIpc) is 3.26. The van der Waals surface area contributed by atoms with Gasteiger partial charge >= 0.3 is 0 Å². The fourth-order valence-electron chi connectivity index (χ4n) is 4.08. The number of nitrogens with zero attached hydrogens (tertiary/aromatic N) is 2. The molecule has 1 heterocycles. The lowest BCUT2D eigenvalue weighted by Gasteiger charge is -2.15. The number of hydrogen-bond acceptors (Lipinski definition) is 4. The summed E-state index contributed by atoms with van der Waals surface area (Å²) in [6, 6.07) is 30.5. The van der Waals surface area contributed by atoms with Crippen LogP contribution in [0.25, 0.3) is 6.08 Å². The maximum Gasteiger partial charge on any atom is 0.281 e. The zero-order valence-corrected chi connectivity index (χ0v) is 22.9. The minimum Gasteiger partial charge on any atom is -0.490 e. The highest BCUT2D eigenvalue weighted by Crippen LogP contribution is 2.38. The number of para-hydroxylation sites is 1. The van der Waals surface area contributed by atoms with Gasteiger partial charge in [-0.2, -0.15) is 10.1 Å². The van der Waals surface area contributed by atoms with Crippen molar-refractivity contribution in [2.45, 2.75) is 13.5 Å². The van der Waals surface area contributed by atoms with Crippen LogP contribution in [0, 0.1) is 0 Å². The molecule has 4 aromatic carbocycles. The monoisotopic (exact) mass is 586 g/mol. The van der Waals surface area contributed by atoms with Gasteiger partial charge in [-0.15, -0.1) is 0 Å². The Morgan fingerprint density at radius 2 is 1.61 bits per heavy atom. The predicted molar refractivity (Wildman–Crippen MR) is 156 cm³/mol. The maximum atomic E-state index is 13.6. The van der Waals surface area contributed by atoms with E-state index in [1.807, 2.05) is 97.9 Å². The Morgan fingerprint density at radius 1 is 0.921 bits per heavy atom. The van der Waals surface area contributed by atoms with E-state index >= 15 is 0 Å². The Kier molecular flexibility index (Phi) is 7.91. The molecule has 4 aromatic rings. The summed E-state index contributed by atoms with van der Waals surface area (Å²) in [6.07, 6.45) is 1.80. The lowest BCUT2D eigenvalue weighted by atomic mass is 10.00. The molecule has 1 amide bonds. The second kappa shape index (κ2) is 11.7. The molecule has 0 atom stereocenters. The first-order valence-corrected chi connectivity index (χ1v) is 13.3. The fraction of sp³-hybridized carbons (Fsp3) is 0.0968. The van der Waals surface area contributed by atoms with Crippen molar-refractivity contribution in [2.75, 3.05) is 11.6 Å². The summed E-state index contributed by atoms with van der Waals surface area (Å²) in [5, 5.41) is 6.51. The van der Waals surface area contributed by atoms with Gasteiger partial charge in [0.05, 0.1) is 22.9 Å². The first-order valence-electron chi connectivity index (χ1n) is 12.1. The molecule has 38 heavy (non-hydrogen) atoms. The largest absolute Gasteiger partial charge is 0.490 e. The topological polar surface area (TPSA) is 51.1 Å². The normalized spacial score (nSPS) is 14.1. The summed E-state index contributed by atoms with van der Waals surface area (Å²) in [4.78, 5) is 13.6. The lowest BCUT2D eigenvalue weighted by molar-refractivity contribution is -0.114. The number of halogens is 2. The number of rotatable bonds is 8. The van der Waals surface area contributed by atoms with Crippen molar-refractivity contribution in [3.05, 3.63) is 129 Å². The molecule has 0 unspecified atom stereocenters. The van der Waals surface area contributed by atoms with Crippen LogP contribution >= 0.6 is 27.5 Å². The average molecular weight is 588 g/mol. The van der Waals surface area contributed by atoms with E-state index in [0.29, 0.717) is 52.3 Å². The molecule has 0 aromatic heterocycles. The first kappa shape index (κ1) is 25.8. The Hall–Kier alpha value is -3.87. The number of benzene rings is 4. The Bertz CT molecular complexity index is 1500. The third kappa shape index (κ3) is 5.67. The van der Waals surface area contributed by atoms with Crippen LogP contribution in [-0.4, -0.2) is 18.2 Å². The van der Waals surface area contributed by atoms with Crippen molar-refractivity contribution in [3.63, 3.8) is 0 Å². The highest BCUT2D eigenvalue weighted by molar-refractivity contribution is 9.10. The molecule has 1 aliphatic heterocycles. The van der Waals surface area contributed by atoms with Crippen LogP contribution in [0.3, 0.4) is 0 Å². The summed E-state index contributed by atoms with van der Waals surface area (Å²) in [7, 11) is 0. The first-order chi connectivity index (χ1) is 18.5. The van der Waals surface area contributed by atoms with Crippen LogP contribution in [0.2, 0.25) is 5.02 Å². The number of carbonyl (C=O) groups is 1. The molecule has 5 rings (SSSR count). The molecular formula is C31H24BrClN2O3. The van der Waals surface area contributed by atoms with Crippen LogP contribution < -0.4 is 14.5 Å². The van der Waals surface area contributed by atoms with Gasteiger partial charge in [-0.25, -0.2) is 0 Å². The van der Waals surface area contributed by atoms with Crippen LogP contribution in [0.1, 0.15) is 23.6 Å². The van der Waals surface area contributed by atoms with E-state index in [1.54, 1.807) is 12.1 Å². The van der Waals surface area contributed by atoms with E-state index in [-0.39, 0.29) is 5.91 Å². The van der Waals surface area contributed by atoms with Crippen LogP contribution in [0.5, 0.6) is 11.5 Å². The maximum absolute atomic E-state index is 13.6. The summed E-state index contributed by atoms with van der Waals surface area (Å²) in [5.74, 6) is 0.742. The zero-order chi connectivity index (χ0) is 26.5. The molecule has 7 heteroatoms. The van der Waals surface area contributed by atoms with Crippen molar-refractivity contribution in [1.82, 2.24) is 0 Å². The van der Waals surface area contributed by atoms with Crippen LogP contribution in [0.15, 0.2) is 112 Å². The molecule has 5 nitrogen and oxygen atoms in total. The zero-order valence-electron chi connectivity index (χ0n) is 20.6. The van der Waals surface area contributed by atoms with Crippen molar-refractivity contribution in [2.24, 2.45) is 5.10 Å². The molecule has 0 fully saturated rings. The molecule has 0 spiro atoms. The number of amides is 1. The third-order valence-electron chi connectivity index (χ3n) is 5.87. The van der Waals surface area contributed by atoms with Gasteiger partial charge in [0.2, 0.25) is 0 Å². The SMILES string of the molecule is CCOc1cc(/C=C2\C(=O)N(c3ccccc3)N=C2c2ccccc2)cc(Cl)c1OCc1ccc(Br)cc1. The molecule has 0 radical (unpaired) electrons. The van der Waals surface area contributed by atoms with Gasteiger partial charge in [0.1, 0.15) is 12.3 Å². The second-order valence-electron chi connectivity index (χ2n) is 8.50. The van der Waals surface area contributed by atoms with Crippen molar-refractivity contribution < 1.29 is 14.3 Å². The Labute approximate surface area is 235 Å². The highest BCUT2D eigenvalue weighted by Gasteiger charge is 2.32. The molecule has 1 aliphatic rings. The van der Waals surface area contributed by atoms with Crippen molar-refractivity contribution in [3.8, 4) is 11.5 Å². The van der Waals surface area contributed by atoms with Gasteiger partial charge in [-0.3, -0.25) is 4.79 Å². The molecule has 0 bridgehead atoms. The summed E-state index contributed by atoms with van der Waals surface area (Å²) in [5.41, 5.74) is 4.29. The minimum absolute atomic E-state index is 0.222. The van der Waals surface area contributed by atoms with Gasteiger partial charge in [-0.1, -0.05) is 88.2 Å². The Balaban J connectivity index is 1.51. The summed E-state index contributed by atoms with van der Waals surface area (Å²) in [6.45, 7) is 2.67. The molecule has 0 aliphatic carbocycles. The van der Waals surface area contributed by atoms with Gasteiger partial charge < -0.3 is 9.47 Å². The summed E-state index contributed by atoms with van der Waals surface area (Å²) >= 11 is 10.1. The second-order valence-corrected chi connectivity index (χ2v) is 9.83. The standard InChI is InChI=1S/C31H24BrClN2O3/c1-2-37-28-19-22(18-27(33)30(28)38-20-21-13-15-24(32)16-14-21)17-26-29(23-9-5-3-6-10-23)34-35(31(26)36)25-11-7-4-8-12-25/h3-19H,2,20H2,1H3/b26-17-. The fourth-order valence-corrected chi connectivity index (χ4v) is 4.61.